The number of nitrogens with one attached hydrogen (secondary N) is 1. The van der Waals surface area contributed by atoms with Gasteiger partial charge in [-0.05, 0) is 12.1 Å². The molecule has 0 aromatic heterocycles. The number of carboxylic acid groups (broad SMARTS) is 1. The van der Waals surface area contributed by atoms with Crippen molar-refractivity contribution in [1.29, 1.82) is 0 Å². The van der Waals surface area contributed by atoms with E-state index in [0.717, 1.165) is 6.07 Å². The zero-order valence-electron chi connectivity index (χ0n) is 9.73. The molecule has 0 bridgehead atoms. The molecule has 1 amide bonds. The van der Waals surface area contributed by atoms with Crippen LogP contribution >= 0.6 is 11.6 Å². The highest BCUT2D eigenvalue weighted by Crippen LogP contribution is 2.21. The first-order chi connectivity index (χ1) is 9.00. The Bertz CT molecular complexity index is 522. The van der Waals surface area contributed by atoms with Gasteiger partial charge in [-0.1, -0.05) is 17.7 Å². The van der Waals surface area contributed by atoms with Crippen molar-refractivity contribution in [2.75, 3.05) is 13.2 Å². The van der Waals surface area contributed by atoms with Gasteiger partial charge in [0.25, 0.3) is 5.91 Å². The molecule has 1 saturated heterocycles. The summed E-state index contributed by atoms with van der Waals surface area (Å²) in [6.07, 6.45) is 0. The number of benzene rings is 1. The fourth-order valence-corrected chi connectivity index (χ4v) is 2.08. The van der Waals surface area contributed by atoms with E-state index in [-0.39, 0.29) is 23.8 Å². The van der Waals surface area contributed by atoms with Crippen LogP contribution in [-0.2, 0) is 9.53 Å². The van der Waals surface area contributed by atoms with Gasteiger partial charge in [0.05, 0.1) is 29.8 Å². The maximum Gasteiger partial charge on any atom is 0.311 e. The zero-order chi connectivity index (χ0) is 14.0. The molecule has 2 unspecified atom stereocenters. The molecule has 0 saturated carbocycles. The topological polar surface area (TPSA) is 75.6 Å². The van der Waals surface area contributed by atoms with Crippen molar-refractivity contribution in [3.05, 3.63) is 34.6 Å². The highest BCUT2D eigenvalue weighted by Gasteiger charge is 2.35. The minimum Gasteiger partial charge on any atom is -0.481 e. The Morgan fingerprint density at radius 1 is 1.42 bits per heavy atom. The molecule has 2 N–H and O–H groups in total. The molecule has 102 valence electrons. The molecule has 5 nitrogen and oxygen atoms in total. The van der Waals surface area contributed by atoms with Crippen LogP contribution in [0.5, 0.6) is 0 Å². The van der Waals surface area contributed by atoms with E-state index in [4.69, 9.17) is 21.4 Å². The second kappa shape index (κ2) is 5.54. The molecule has 1 aliphatic heterocycles. The van der Waals surface area contributed by atoms with Gasteiger partial charge in [-0.15, -0.1) is 0 Å². The molecule has 1 aromatic carbocycles. The first kappa shape index (κ1) is 13.8. The van der Waals surface area contributed by atoms with Crippen molar-refractivity contribution < 1.29 is 23.8 Å². The Labute approximate surface area is 113 Å². The van der Waals surface area contributed by atoms with Crippen LogP contribution in [0.4, 0.5) is 4.39 Å². The van der Waals surface area contributed by atoms with Gasteiger partial charge in [-0.2, -0.15) is 0 Å². The van der Waals surface area contributed by atoms with Crippen molar-refractivity contribution in [2.24, 2.45) is 5.92 Å². The summed E-state index contributed by atoms with van der Waals surface area (Å²) in [6.45, 7) is 0.146. The van der Waals surface area contributed by atoms with Gasteiger partial charge in [-0.25, -0.2) is 4.39 Å². The van der Waals surface area contributed by atoms with Gasteiger partial charge in [0.15, 0.2) is 0 Å². The molecule has 1 aromatic rings. The van der Waals surface area contributed by atoms with E-state index in [1.807, 2.05) is 0 Å². The monoisotopic (exact) mass is 287 g/mol. The Morgan fingerprint density at radius 2 is 2.16 bits per heavy atom. The fraction of sp³-hybridized carbons (Fsp3) is 0.333. The number of carboxylic acids is 1. The van der Waals surface area contributed by atoms with Crippen molar-refractivity contribution in [2.45, 2.75) is 6.04 Å². The minimum absolute atomic E-state index is 0.0299. The van der Waals surface area contributed by atoms with Crippen molar-refractivity contribution >= 4 is 23.5 Å². The first-order valence-electron chi connectivity index (χ1n) is 5.56. The predicted molar refractivity (Wildman–Crippen MR) is 64.6 cm³/mol. The SMILES string of the molecule is O=C(NC1COCC1C(=O)O)c1cccc(F)c1Cl. The average molecular weight is 288 g/mol. The number of ether oxygens (including phenoxy) is 1. The lowest BCUT2D eigenvalue weighted by Crippen LogP contribution is -2.42. The number of aliphatic carboxylic acids is 1. The summed E-state index contributed by atoms with van der Waals surface area (Å²) < 4.78 is 18.2. The molecule has 0 spiro atoms. The smallest absolute Gasteiger partial charge is 0.311 e. The van der Waals surface area contributed by atoms with Gasteiger partial charge >= 0.3 is 5.97 Å². The van der Waals surface area contributed by atoms with Crippen LogP contribution in [0.25, 0.3) is 0 Å². The van der Waals surface area contributed by atoms with Crippen molar-refractivity contribution in [3.63, 3.8) is 0 Å². The largest absolute Gasteiger partial charge is 0.481 e. The number of hydrogen-bond donors (Lipinski definition) is 2. The highest BCUT2D eigenvalue weighted by atomic mass is 35.5. The van der Waals surface area contributed by atoms with E-state index in [1.54, 1.807) is 0 Å². The lowest BCUT2D eigenvalue weighted by molar-refractivity contribution is -0.142. The Hall–Kier alpha value is -1.66. The second-order valence-corrected chi connectivity index (χ2v) is 4.54. The summed E-state index contributed by atoms with van der Waals surface area (Å²) in [5.41, 5.74) is -0.0299. The van der Waals surface area contributed by atoms with Gasteiger partial charge < -0.3 is 15.2 Å². The van der Waals surface area contributed by atoms with Crippen LogP contribution in [0, 0.1) is 11.7 Å². The van der Waals surface area contributed by atoms with Gasteiger partial charge in [0, 0.05) is 0 Å². The maximum absolute atomic E-state index is 13.2. The van der Waals surface area contributed by atoms with Crippen LogP contribution in [0.15, 0.2) is 18.2 Å². The second-order valence-electron chi connectivity index (χ2n) is 4.16. The molecule has 2 rings (SSSR count). The average Bonchev–Trinajstić information content (AvgIpc) is 2.80. The van der Waals surface area contributed by atoms with Crippen LogP contribution in [0.2, 0.25) is 5.02 Å². The number of carbonyl (C=O) groups is 2. The molecular weight excluding hydrogens is 277 g/mol. The molecular formula is C12H11ClFNO4. The maximum atomic E-state index is 13.2. The molecule has 2 atom stereocenters. The van der Waals surface area contributed by atoms with Gasteiger partial charge in [0.2, 0.25) is 0 Å². The Kier molecular flexibility index (Phi) is 4.01. The van der Waals surface area contributed by atoms with Gasteiger partial charge in [0.1, 0.15) is 11.7 Å². The summed E-state index contributed by atoms with van der Waals surface area (Å²) in [4.78, 5) is 22.9. The Balaban J connectivity index is 2.13. The summed E-state index contributed by atoms with van der Waals surface area (Å²) in [5.74, 6) is -3.18. The molecule has 0 radical (unpaired) electrons. The third-order valence-corrected chi connectivity index (χ3v) is 3.29. The predicted octanol–water partition coefficient (Wildman–Crippen LogP) is 1.31. The lowest BCUT2D eigenvalue weighted by atomic mass is 10.0. The van der Waals surface area contributed by atoms with E-state index in [1.165, 1.54) is 12.1 Å². The number of rotatable bonds is 3. The Morgan fingerprint density at radius 3 is 2.84 bits per heavy atom. The summed E-state index contributed by atoms with van der Waals surface area (Å²) >= 11 is 5.69. The summed E-state index contributed by atoms with van der Waals surface area (Å²) in [5, 5.41) is 11.2. The molecule has 1 aliphatic rings. The van der Waals surface area contributed by atoms with E-state index in [0.29, 0.717) is 0 Å². The molecule has 1 heterocycles. The summed E-state index contributed by atoms with van der Waals surface area (Å²) in [6, 6.07) is 3.21. The fourth-order valence-electron chi connectivity index (χ4n) is 1.87. The number of amides is 1. The normalized spacial score (nSPS) is 22.2. The first-order valence-corrected chi connectivity index (χ1v) is 5.94. The van der Waals surface area contributed by atoms with Crippen LogP contribution < -0.4 is 5.32 Å². The van der Waals surface area contributed by atoms with E-state index in [2.05, 4.69) is 5.32 Å². The molecule has 7 heteroatoms. The third kappa shape index (κ3) is 2.85. The zero-order valence-corrected chi connectivity index (χ0v) is 10.5. The van der Waals surface area contributed by atoms with Crippen LogP contribution in [0.3, 0.4) is 0 Å². The standard InChI is InChI=1S/C12H11ClFNO4/c13-10-6(2-1-3-8(10)14)11(16)15-9-5-19-4-7(9)12(17)18/h1-3,7,9H,4-5H2,(H,15,16)(H,17,18). The van der Waals surface area contributed by atoms with Crippen molar-refractivity contribution in [3.8, 4) is 0 Å². The highest BCUT2D eigenvalue weighted by molar-refractivity contribution is 6.34. The molecule has 0 aliphatic carbocycles. The number of hydrogen-bond acceptors (Lipinski definition) is 3. The number of halogens is 2. The van der Waals surface area contributed by atoms with E-state index in [9.17, 15) is 14.0 Å². The summed E-state index contributed by atoms with van der Waals surface area (Å²) in [7, 11) is 0. The van der Waals surface area contributed by atoms with Crippen LogP contribution in [0.1, 0.15) is 10.4 Å². The van der Waals surface area contributed by atoms with E-state index < -0.39 is 29.7 Å². The molecule has 1 fully saturated rings. The number of carbonyl (C=O) groups excluding carboxylic acids is 1. The molecule has 19 heavy (non-hydrogen) atoms. The van der Waals surface area contributed by atoms with E-state index >= 15 is 0 Å². The third-order valence-electron chi connectivity index (χ3n) is 2.91. The lowest BCUT2D eigenvalue weighted by Gasteiger charge is -2.16. The quantitative estimate of drug-likeness (QED) is 0.879. The van der Waals surface area contributed by atoms with Crippen molar-refractivity contribution in [1.82, 2.24) is 5.32 Å². The van der Waals surface area contributed by atoms with Gasteiger partial charge in [-0.3, -0.25) is 9.59 Å². The minimum atomic E-state index is -1.05. The van der Waals surface area contributed by atoms with Crippen LogP contribution in [-0.4, -0.2) is 36.2 Å².